The van der Waals surface area contributed by atoms with E-state index in [-0.39, 0.29) is 17.6 Å². The van der Waals surface area contributed by atoms with Crippen molar-refractivity contribution < 1.29 is 9.31 Å². The molecule has 0 unspecified atom stereocenters. The van der Waals surface area contributed by atoms with E-state index in [4.69, 9.17) is 9.31 Å². The molecule has 0 atom stereocenters. The lowest BCUT2D eigenvalue weighted by molar-refractivity contribution is 0.00578. The third-order valence-corrected chi connectivity index (χ3v) is 3.00. The van der Waals surface area contributed by atoms with E-state index in [2.05, 4.69) is 27.7 Å². The van der Waals surface area contributed by atoms with Gasteiger partial charge in [-0.05, 0) is 34.0 Å². The third kappa shape index (κ3) is 1.58. The Bertz CT molecular complexity index is 143. The summed E-state index contributed by atoms with van der Waals surface area (Å²) in [7, 11) is 0. The molecule has 64 valence electrons. The molecule has 1 fully saturated rings. The Morgan fingerprint density at radius 2 is 1.36 bits per heavy atom. The number of hydrogen-bond acceptors (Lipinski definition) is 3. The molecule has 1 aliphatic heterocycles. The lowest BCUT2D eigenvalue weighted by Gasteiger charge is -2.32. The summed E-state index contributed by atoms with van der Waals surface area (Å²) in [6.07, 6.45) is 1.89. The van der Waals surface area contributed by atoms with Gasteiger partial charge in [-0.15, -0.1) is 11.6 Å². The fourth-order valence-electron chi connectivity index (χ4n) is 0.885. The molecule has 0 aromatic rings. The van der Waals surface area contributed by atoms with Gasteiger partial charge in [-0.2, -0.15) is 0 Å². The third-order valence-electron chi connectivity index (χ3n) is 2.42. The molecule has 0 aromatic heterocycles. The van der Waals surface area contributed by atoms with Crippen molar-refractivity contribution in [3.05, 3.63) is 0 Å². The summed E-state index contributed by atoms with van der Waals surface area (Å²) in [5, 5.41) is 0. The fourth-order valence-corrected chi connectivity index (χ4v) is 1.56. The highest BCUT2D eigenvalue weighted by Gasteiger charge is 2.50. The summed E-state index contributed by atoms with van der Waals surface area (Å²) in [6.45, 7) is 8.24. The molecule has 0 radical (unpaired) electrons. The molecule has 0 spiro atoms. The predicted molar refractivity (Wildman–Crippen MR) is 49.6 cm³/mol. The number of rotatable bonds is 1. The van der Waals surface area contributed by atoms with Crippen molar-refractivity contribution in [2.24, 2.45) is 0 Å². The Morgan fingerprint density at radius 1 is 1.00 bits per heavy atom. The second kappa shape index (κ2) is 2.68. The summed E-state index contributed by atoms with van der Waals surface area (Å²) in [6, 6.07) is 0. The molecule has 1 rings (SSSR count). The van der Waals surface area contributed by atoms with E-state index in [1.807, 2.05) is 6.26 Å². The van der Waals surface area contributed by atoms with Crippen LogP contribution >= 0.6 is 11.6 Å². The molecule has 1 heterocycles. The first-order chi connectivity index (χ1) is 4.89. The maximum absolute atomic E-state index is 5.65. The molecule has 0 saturated carbocycles. The second-order valence-corrected chi connectivity index (χ2v) is 4.64. The fraction of sp³-hybridized carbons (Fsp3) is 1.00. The van der Waals surface area contributed by atoms with Crippen LogP contribution in [0.2, 0.25) is 0 Å². The van der Waals surface area contributed by atoms with E-state index in [1.54, 1.807) is 11.6 Å². The van der Waals surface area contributed by atoms with Gasteiger partial charge in [-0.25, -0.2) is 0 Å². The van der Waals surface area contributed by atoms with Gasteiger partial charge >= 0.3 is 6.40 Å². The molecule has 0 aromatic carbocycles. The van der Waals surface area contributed by atoms with E-state index >= 15 is 0 Å². The van der Waals surface area contributed by atoms with Crippen molar-refractivity contribution in [1.82, 2.24) is 0 Å². The average molecular weight is 174 g/mol. The van der Waals surface area contributed by atoms with Gasteiger partial charge in [0.05, 0.1) is 11.2 Å². The van der Waals surface area contributed by atoms with Gasteiger partial charge in [-0.3, -0.25) is 0 Å². The molecule has 1 saturated heterocycles. The summed E-state index contributed by atoms with van der Waals surface area (Å²) in [5.74, 6) is 0. The summed E-state index contributed by atoms with van der Waals surface area (Å²) >= 11 is 1.59. The molecule has 2 nitrogen and oxygen atoms in total. The Hall–Kier alpha value is 0.335. The first-order valence-corrected chi connectivity index (χ1v) is 5.06. The number of hydrogen-bond donors (Lipinski definition) is 0. The van der Waals surface area contributed by atoms with Crippen LogP contribution < -0.4 is 0 Å². The molecule has 1 aliphatic rings. The molecule has 0 aliphatic carbocycles. The standard InChI is InChI=1S/C7H15BO2S/c1-6(2)7(3,4)10-8(9-6)11-5/h1-5H3. The van der Waals surface area contributed by atoms with Gasteiger partial charge in [0.25, 0.3) is 0 Å². The van der Waals surface area contributed by atoms with E-state index in [0.717, 1.165) is 0 Å². The van der Waals surface area contributed by atoms with E-state index in [0.29, 0.717) is 0 Å². The van der Waals surface area contributed by atoms with Gasteiger partial charge in [0.15, 0.2) is 0 Å². The maximum Gasteiger partial charge on any atom is 0.532 e. The van der Waals surface area contributed by atoms with Crippen LogP contribution in [-0.2, 0) is 9.31 Å². The minimum Gasteiger partial charge on any atom is -0.394 e. The van der Waals surface area contributed by atoms with Crippen molar-refractivity contribution >= 4 is 18.0 Å². The zero-order valence-corrected chi connectivity index (χ0v) is 8.62. The van der Waals surface area contributed by atoms with Gasteiger partial charge in [0.2, 0.25) is 0 Å². The second-order valence-electron chi connectivity index (χ2n) is 3.78. The molecule has 11 heavy (non-hydrogen) atoms. The zero-order chi connectivity index (χ0) is 8.70. The monoisotopic (exact) mass is 174 g/mol. The summed E-state index contributed by atoms with van der Waals surface area (Å²) in [5.41, 5.74) is -0.360. The molecule has 0 N–H and O–H groups in total. The molecule has 0 bridgehead atoms. The first kappa shape index (κ1) is 9.42. The highest BCUT2D eigenvalue weighted by atomic mass is 32.2. The van der Waals surface area contributed by atoms with Crippen molar-refractivity contribution in [1.29, 1.82) is 0 Å². The maximum atomic E-state index is 5.65. The SMILES string of the molecule is CSB1OC(C)(C)C(C)(C)O1. The smallest absolute Gasteiger partial charge is 0.394 e. The minimum atomic E-state index is -0.180. The summed E-state index contributed by atoms with van der Waals surface area (Å²) in [4.78, 5) is 0. The van der Waals surface area contributed by atoms with Crippen LogP contribution in [0.15, 0.2) is 0 Å². The zero-order valence-electron chi connectivity index (χ0n) is 7.80. The normalized spacial score (nSPS) is 27.5. The Labute approximate surface area is 73.1 Å². The largest absolute Gasteiger partial charge is 0.532 e. The van der Waals surface area contributed by atoms with Crippen molar-refractivity contribution in [3.8, 4) is 0 Å². The quantitative estimate of drug-likeness (QED) is 0.566. The van der Waals surface area contributed by atoms with Crippen LogP contribution in [0.4, 0.5) is 0 Å². The lowest BCUT2D eigenvalue weighted by atomic mass is 9.90. The lowest BCUT2D eigenvalue weighted by Crippen LogP contribution is -2.41. The Balaban J connectivity index is 2.72. The van der Waals surface area contributed by atoms with Crippen LogP contribution in [0.1, 0.15) is 27.7 Å². The Morgan fingerprint density at radius 3 is 1.55 bits per heavy atom. The van der Waals surface area contributed by atoms with E-state index in [9.17, 15) is 0 Å². The van der Waals surface area contributed by atoms with E-state index in [1.165, 1.54) is 0 Å². The van der Waals surface area contributed by atoms with Crippen LogP contribution in [-0.4, -0.2) is 23.9 Å². The summed E-state index contributed by atoms with van der Waals surface area (Å²) < 4.78 is 11.3. The van der Waals surface area contributed by atoms with Crippen LogP contribution in [0.5, 0.6) is 0 Å². The topological polar surface area (TPSA) is 18.5 Å². The van der Waals surface area contributed by atoms with Crippen molar-refractivity contribution in [2.45, 2.75) is 38.9 Å². The van der Waals surface area contributed by atoms with Crippen molar-refractivity contribution in [3.63, 3.8) is 0 Å². The molecular weight excluding hydrogens is 159 g/mol. The molecule has 4 heteroatoms. The van der Waals surface area contributed by atoms with Gasteiger partial charge in [-0.1, -0.05) is 0 Å². The van der Waals surface area contributed by atoms with Crippen LogP contribution in [0.3, 0.4) is 0 Å². The highest BCUT2D eigenvalue weighted by Crippen LogP contribution is 2.38. The molecule has 0 amide bonds. The molecular formula is C7H15BO2S. The average Bonchev–Trinajstić information content (AvgIpc) is 2.03. The Kier molecular flexibility index (Phi) is 2.29. The van der Waals surface area contributed by atoms with Crippen LogP contribution in [0.25, 0.3) is 0 Å². The highest BCUT2D eigenvalue weighted by molar-refractivity contribution is 8.23. The van der Waals surface area contributed by atoms with Crippen LogP contribution in [0, 0.1) is 0 Å². The van der Waals surface area contributed by atoms with Gasteiger partial charge < -0.3 is 9.31 Å². The van der Waals surface area contributed by atoms with Gasteiger partial charge in [0.1, 0.15) is 0 Å². The first-order valence-electron chi connectivity index (χ1n) is 3.77. The predicted octanol–water partition coefficient (Wildman–Crippen LogP) is 1.94. The van der Waals surface area contributed by atoms with Gasteiger partial charge in [0, 0.05) is 0 Å². The van der Waals surface area contributed by atoms with Crippen molar-refractivity contribution in [2.75, 3.05) is 6.26 Å². The van der Waals surface area contributed by atoms with E-state index < -0.39 is 0 Å². The minimum absolute atomic E-state index is 0.0972.